The highest BCUT2D eigenvalue weighted by molar-refractivity contribution is 5.74. The average molecular weight is 251 g/mol. The molecule has 0 radical (unpaired) electrons. The summed E-state index contributed by atoms with van der Waals surface area (Å²) in [7, 11) is 1.75. The lowest BCUT2D eigenvalue weighted by Gasteiger charge is -2.31. The standard InChI is InChI=1S/C13H18FN3O/c1-16(10-11-3-2-4-12(14)9-11)13(18)17-7-5-15-6-8-17/h2-4,9,15H,5-8,10H2,1H3. The summed E-state index contributed by atoms with van der Waals surface area (Å²) in [4.78, 5) is 15.6. The van der Waals surface area contributed by atoms with Crippen LogP contribution in [0.25, 0.3) is 0 Å². The molecular weight excluding hydrogens is 233 g/mol. The van der Waals surface area contributed by atoms with Gasteiger partial charge < -0.3 is 15.1 Å². The Labute approximate surface area is 106 Å². The Morgan fingerprint density at radius 2 is 2.17 bits per heavy atom. The van der Waals surface area contributed by atoms with E-state index < -0.39 is 0 Å². The lowest BCUT2D eigenvalue weighted by molar-refractivity contribution is 0.154. The van der Waals surface area contributed by atoms with Gasteiger partial charge in [-0.1, -0.05) is 12.1 Å². The molecule has 1 fully saturated rings. The van der Waals surface area contributed by atoms with Crippen molar-refractivity contribution in [3.8, 4) is 0 Å². The van der Waals surface area contributed by atoms with Crippen LogP contribution >= 0.6 is 0 Å². The normalized spacial score (nSPS) is 15.6. The maximum atomic E-state index is 13.1. The summed E-state index contributed by atoms with van der Waals surface area (Å²) in [6.07, 6.45) is 0. The molecule has 1 saturated heterocycles. The highest BCUT2D eigenvalue weighted by Gasteiger charge is 2.19. The van der Waals surface area contributed by atoms with Gasteiger partial charge in [0.2, 0.25) is 0 Å². The van der Waals surface area contributed by atoms with Crippen LogP contribution in [0.15, 0.2) is 24.3 Å². The Balaban J connectivity index is 1.94. The van der Waals surface area contributed by atoms with Crippen LogP contribution in [0, 0.1) is 5.82 Å². The number of rotatable bonds is 2. The summed E-state index contributed by atoms with van der Waals surface area (Å²) < 4.78 is 13.1. The second-order valence-corrected chi connectivity index (χ2v) is 4.51. The molecule has 18 heavy (non-hydrogen) atoms. The van der Waals surface area contributed by atoms with Crippen molar-refractivity contribution < 1.29 is 9.18 Å². The number of nitrogens with zero attached hydrogens (tertiary/aromatic N) is 2. The van der Waals surface area contributed by atoms with Crippen molar-refractivity contribution in [1.82, 2.24) is 15.1 Å². The van der Waals surface area contributed by atoms with Crippen molar-refractivity contribution in [2.45, 2.75) is 6.54 Å². The first-order valence-corrected chi connectivity index (χ1v) is 6.12. The average Bonchev–Trinajstić information content (AvgIpc) is 2.39. The van der Waals surface area contributed by atoms with Crippen molar-refractivity contribution in [3.63, 3.8) is 0 Å². The van der Waals surface area contributed by atoms with Gasteiger partial charge in [0, 0.05) is 39.8 Å². The fraction of sp³-hybridized carbons (Fsp3) is 0.462. The highest BCUT2D eigenvalue weighted by Crippen LogP contribution is 2.08. The number of hydrogen-bond donors (Lipinski definition) is 1. The van der Waals surface area contributed by atoms with E-state index in [1.54, 1.807) is 18.0 Å². The van der Waals surface area contributed by atoms with Crippen molar-refractivity contribution in [3.05, 3.63) is 35.6 Å². The van der Waals surface area contributed by atoms with Gasteiger partial charge in [-0.3, -0.25) is 0 Å². The SMILES string of the molecule is CN(Cc1cccc(F)c1)C(=O)N1CCNCC1. The topological polar surface area (TPSA) is 35.6 Å². The summed E-state index contributed by atoms with van der Waals surface area (Å²) in [5, 5.41) is 3.20. The molecular formula is C13H18FN3O. The van der Waals surface area contributed by atoms with Gasteiger partial charge in [-0.05, 0) is 17.7 Å². The number of piperazine rings is 1. The first-order chi connectivity index (χ1) is 8.66. The fourth-order valence-corrected chi connectivity index (χ4v) is 2.07. The van der Waals surface area contributed by atoms with Crippen LogP contribution in [-0.4, -0.2) is 49.1 Å². The van der Waals surface area contributed by atoms with Gasteiger partial charge in [0.05, 0.1) is 0 Å². The zero-order chi connectivity index (χ0) is 13.0. The number of urea groups is 1. The molecule has 2 amide bonds. The molecule has 98 valence electrons. The Morgan fingerprint density at radius 1 is 1.44 bits per heavy atom. The van der Waals surface area contributed by atoms with E-state index >= 15 is 0 Å². The van der Waals surface area contributed by atoms with Gasteiger partial charge >= 0.3 is 6.03 Å². The number of carbonyl (C=O) groups is 1. The van der Waals surface area contributed by atoms with Gasteiger partial charge in [0.1, 0.15) is 5.82 Å². The molecule has 1 N–H and O–H groups in total. The predicted octanol–water partition coefficient (Wildman–Crippen LogP) is 1.28. The van der Waals surface area contributed by atoms with Crippen LogP contribution in [0.1, 0.15) is 5.56 Å². The zero-order valence-corrected chi connectivity index (χ0v) is 10.5. The summed E-state index contributed by atoms with van der Waals surface area (Å²) in [6.45, 7) is 3.55. The quantitative estimate of drug-likeness (QED) is 0.859. The van der Waals surface area contributed by atoms with E-state index in [2.05, 4.69) is 5.32 Å². The van der Waals surface area contributed by atoms with Crippen LogP contribution in [0.2, 0.25) is 0 Å². The number of amides is 2. The molecule has 1 aliphatic rings. The molecule has 0 spiro atoms. The fourth-order valence-electron chi connectivity index (χ4n) is 2.07. The third kappa shape index (κ3) is 3.20. The minimum absolute atomic E-state index is 0.000705. The van der Waals surface area contributed by atoms with Gasteiger partial charge in [-0.15, -0.1) is 0 Å². The minimum atomic E-state index is -0.268. The monoisotopic (exact) mass is 251 g/mol. The van der Waals surface area contributed by atoms with Gasteiger partial charge in [-0.25, -0.2) is 9.18 Å². The largest absolute Gasteiger partial charge is 0.323 e. The molecule has 4 nitrogen and oxygen atoms in total. The number of carbonyl (C=O) groups excluding carboxylic acids is 1. The molecule has 5 heteroatoms. The van der Waals surface area contributed by atoms with E-state index in [1.807, 2.05) is 11.0 Å². The lowest BCUT2D eigenvalue weighted by atomic mass is 10.2. The summed E-state index contributed by atoms with van der Waals surface area (Å²) in [5.74, 6) is -0.268. The third-order valence-electron chi connectivity index (χ3n) is 3.02. The third-order valence-corrected chi connectivity index (χ3v) is 3.02. The van der Waals surface area contributed by atoms with Crippen LogP contribution in [0.3, 0.4) is 0 Å². The number of hydrogen-bond acceptors (Lipinski definition) is 2. The summed E-state index contributed by atoms with van der Waals surface area (Å²) in [6, 6.07) is 6.35. The first kappa shape index (κ1) is 12.8. The van der Waals surface area contributed by atoms with Crippen LogP contribution in [0.5, 0.6) is 0 Å². The molecule has 1 aromatic carbocycles. The van der Waals surface area contributed by atoms with Gasteiger partial charge in [0.15, 0.2) is 0 Å². The van der Waals surface area contributed by atoms with Crippen LogP contribution in [0.4, 0.5) is 9.18 Å². The predicted molar refractivity (Wildman–Crippen MR) is 67.7 cm³/mol. The van der Waals surface area contributed by atoms with Crippen LogP contribution in [-0.2, 0) is 6.54 Å². The maximum absolute atomic E-state index is 13.1. The number of nitrogens with one attached hydrogen (secondary N) is 1. The molecule has 0 atom stereocenters. The lowest BCUT2D eigenvalue weighted by Crippen LogP contribution is -2.50. The van der Waals surface area contributed by atoms with E-state index in [1.165, 1.54) is 12.1 Å². The second kappa shape index (κ2) is 5.82. The molecule has 0 saturated carbocycles. The van der Waals surface area contributed by atoms with Crippen molar-refractivity contribution >= 4 is 6.03 Å². The Hall–Kier alpha value is -1.62. The molecule has 0 aliphatic carbocycles. The molecule has 1 aromatic rings. The van der Waals surface area contributed by atoms with Crippen molar-refractivity contribution in [1.29, 1.82) is 0 Å². The van der Waals surface area contributed by atoms with Gasteiger partial charge in [0.25, 0.3) is 0 Å². The minimum Gasteiger partial charge on any atom is -0.323 e. The van der Waals surface area contributed by atoms with E-state index in [0.717, 1.165) is 31.7 Å². The summed E-state index contributed by atoms with van der Waals surface area (Å²) in [5.41, 5.74) is 0.806. The number of halogens is 1. The Kier molecular flexibility index (Phi) is 4.15. The van der Waals surface area contributed by atoms with Crippen molar-refractivity contribution in [2.24, 2.45) is 0 Å². The van der Waals surface area contributed by atoms with Crippen LogP contribution < -0.4 is 5.32 Å². The molecule has 1 heterocycles. The maximum Gasteiger partial charge on any atom is 0.320 e. The van der Waals surface area contributed by atoms with E-state index in [0.29, 0.717) is 6.54 Å². The smallest absolute Gasteiger partial charge is 0.320 e. The molecule has 1 aliphatic heterocycles. The second-order valence-electron chi connectivity index (χ2n) is 4.51. The molecule has 0 aromatic heterocycles. The van der Waals surface area contributed by atoms with Gasteiger partial charge in [-0.2, -0.15) is 0 Å². The first-order valence-electron chi connectivity index (χ1n) is 6.12. The van der Waals surface area contributed by atoms with E-state index in [-0.39, 0.29) is 11.8 Å². The van der Waals surface area contributed by atoms with E-state index in [9.17, 15) is 9.18 Å². The van der Waals surface area contributed by atoms with Crippen molar-refractivity contribution in [2.75, 3.05) is 33.2 Å². The molecule has 2 rings (SSSR count). The molecule has 0 unspecified atom stereocenters. The number of benzene rings is 1. The molecule has 0 bridgehead atoms. The Morgan fingerprint density at radius 3 is 2.83 bits per heavy atom. The summed E-state index contributed by atoms with van der Waals surface area (Å²) >= 11 is 0. The Bertz CT molecular complexity index is 418. The highest BCUT2D eigenvalue weighted by atomic mass is 19.1. The van der Waals surface area contributed by atoms with E-state index in [4.69, 9.17) is 0 Å². The zero-order valence-electron chi connectivity index (χ0n) is 10.5.